The lowest BCUT2D eigenvalue weighted by molar-refractivity contribution is 0.245. The number of hydrogen-bond acceptors (Lipinski definition) is 6. The largest absolute Gasteiger partial charge is 0.357 e. The van der Waals surface area contributed by atoms with Gasteiger partial charge in [0.2, 0.25) is 0 Å². The molecule has 170 valence electrons. The Morgan fingerprint density at radius 3 is 2.72 bits per heavy atom. The van der Waals surface area contributed by atoms with E-state index in [0.717, 1.165) is 54.9 Å². The SMILES string of the molecule is CCCc1ccc(CN2CCc3ccc(SNc4noc(C(C)(C)C)c4Br)cc3C2)cn1. The van der Waals surface area contributed by atoms with E-state index in [2.05, 4.69) is 93.7 Å². The molecule has 2 aromatic heterocycles. The van der Waals surface area contributed by atoms with Crippen LogP contribution in [0.15, 0.2) is 50.4 Å². The average Bonchev–Trinajstić information content (AvgIpc) is 3.14. The van der Waals surface area contributed by atoms with Crippen LogP contribution < -0.4 is 4.72 Å². The van der Waals surface area contributed by atoms with Gasteiger partial charge in [-0.2, -0.15) is 0 Å². The minimum atomic E-state index is -0.0997. The van der Waals surface area contributed by atoms with Crippen molar-refractivity contribution >= 4 is 33.7 Å². The number of nitrogens with one attached hydrogen (secondary N) is 1. The molecule has 3 aromatic rings. The van der Waals surface area contributed by atoms with E-state index in [1.165, 1.54) is 27.3 Å². The second-order valence-electron chi connectivity index (χ2n) is 9.43. The van der Waals surface area contributed by atoms with Crippen molar-refractivity contribution in [2.45, 2.75) is 70.4 Å². The fourth-order valence-electron chi connectivity index (χ4n) is 3.92. The summed E-state index contributed by atoms with van der Waals surface area (Å²) in [5, 5.41) is 4.19. The fraction of sp³-hybridized carbons (Fsp3) is 0.440. The van der Waals surface area contributed by atoms with E-state index in [1.54, 1.807) is 11.9 Å². The minimum absolute atomic E-state index is 0.0997. The molecule has 0 unspecified atom stereocenters. The van der Waals surface area contributed by atoms with Crippen LogP contribution in [0.5, 0.6) is 0 Å². The van der Waals surface area contributed by atoms with Gasteiger partial charge in [0, 0.05) is 41.8 Å². The Balaban J connectivity index is 1.39. The summed E-state index contributed by atoms with van der Waals surface area (Å²) in [7, 11) is 0. The van der Waals surface area contributed by atoms with Gasteiger partial charge in [0.05, 0.1) is 0 Å². The van der Waals surface area contributed by atoms with E-state index >= 15 is 0 Å². The van der Waals surface area contributed by atoms with Crippen LogP contribution in [-0.2, 0) is 31.3 Å². The third-order valence-corrected chi connectivity index (χ3v) is 7.17. The van der Waals surface area contributed by atoms with E-state index in [9.17, 15) is 0 Å². The third kappa shape index (κ3) is 5.56. The molecule has 0 bridgehead atoms. The number of benzene rings is 1. The van der Waals surface area contributed by atoms with Crippen LogP contribution >= 0.6 is 27.9 Å². The first-order valence-electron chi connectivity index (χ1n) is 11.2. The van der Waals surface area contributed by atoms with Crippen LogP contribution in [0.4, 0.5) is 5.82 Å². The molecule has 1 N–H and O–H groups in total. The summed E-state index contributed by atoms with van der Waals surface area (Å²) in [6.45, 7) is 11.5. The highest BCUT2D eigenvalue weighted by Crippen LogP contribution is 2.36. The first kappa shape index (κ1) is 23.3. The molecule has 0 fully saturated rings. The molecule has 4 rings (SSSR count). The summed E-state index contributed by atoms with van der Waals surface area (Å²) < 4.78 is 9.77. The van der Waals surface area contributed by atoms with Gasteiger partial charge in [-0.3, -0.25) is 9.88 Å². The van der Waals surface area contributed by atoms with Crippen LogP contribution in [-0.4, -0.2) is 21.6 Å². The lowest BCUT2D eigenvalue weighted by Gasteiger charge is -2.29. The van der Waals surface area contributed by atoms with Gasteiger partial charge in [0.25, 0.3) is 0 Å². The quantitative estimate of drug-likeness (QED) is 0.351. The van der Waals surface area contributed by atoms with Crippen molar-refractivity contribution in [3.05, 3.63) is 69.1 Å². The van der Waals surface area contributed by atoms with E-state index < -0.39 is 0 Å². The van der Waals surface area contributed by atoms with Gasteiger partial charge in [-0.15, -0.1) is 0 Å². The maximum atomic E-state index is 5.55. The predicted octanol–water partition coefficient (Wildman–Crippen LogP) is 6.76. The molecular formula is C25H31BrN4OS. The van der Waals surface area contributed by atoms with Crippen LogP contribution in [0, 0.1) is 0 Å². The number of pyridine rings is 1. The Labute approximate surface area is 203 Å². The smallest absolute Gasteiger partial charge is 0.194 e. The summed E-state index contributed by atoms with van der Waals surface area (Å²) in [5.41, 5.74) is 5.21. The summed E-state index contributed by atoms with van der Waals surface area (Å²) in [5.74, 6) is 1.57. The highest BCUT2D eigenvalue weighted by Gasteiger charge is 2.25. The first-order chi connectivity index (χ1) is 15.3. The van der Waals surface area contributed by atoms with Gasteiger partial charge >= 0.3 is 0 Å². The molecule has 7 heteroatoms. The second-order valence-corrected chi connectivity index (χ2v) is 11.1. The minimum Gasteiger partial charge on any atom is -0.357 e. The molecule has 0 saturated heterocycles. The fourth-order valence-corrected chi connectivity index (χ4v) is 5.58. The number of halogens is 1. The highest BCUT2D eigenvalue weighted by atomic mass is 79.9. The molecular weight excluding hydrogens is 484 g/mol. The van der Waals surface area contributed by atoms with Crippen molar-refractivity contribution in [3.8, 4) is 0 Å². The van der Waals surface area contributed by atoms with Gasteiger partial charge in [-0.25, -0.2) is 0 Å². The normalized spacial score (nSPS) is 14.4. The van der Waals surface area contributed by atoms with Crippen LogP contribution in [0.25, 0.3) is 0 Å². The topological polar surface area (TPSA) is 54.2 Å². The van der Waals surface area contributed by atoms with Gasteiger partial charge in [-0.05, 0) is 75.6 Å². The monoisotopic (exact) mass is 514 g/mol. The van der Waals surface area contributed by atoms with Crippen molar-refractivity contribution in [1.82, 2.24) is 15.0 Å². The number of aromatic nitrogens is 2. The zero-order valence-corrected chi connectivity index (χ0v) is 21.6. The predicted molar refractivity (Wildman–Crippen MR) is 135 cm³/mol. The van der Waals surface area contributed by atoms with Crippen LogP contribution in [0.3, 0.4) is 0 Å². The molecule has 0 atom stereocenters. The van der Waals surface area contributed by atoms with E-state index in [-0.39, 0.29) is 5.41 Å². The average molecular weight is 516 g/mol. The summed E-state index contributed by atoms with van der Waals surface area (Å²) >= 11 is 5.19. The van der Waals surface area contributed by atoms with Crippen molar-refractivity contribution in [2.75, 3.05) is 11.3 Å². The van der Waals surface area contributed by atoms with Gasteiger partial charge in [-0.1, -0.05) is 51.4 Å². The van der Waals surface area contributed by atoms with E-state index in [4.69, 9.17) is 4.52 Å². The van der Waals surface area contributed by atoms with Crippen LogP contribution in [0.1, 0.15) is 62.3 Å². The molecule has 32 heavy (non-hydrogen) atoms. The third-order valence-electron chi connectivity index (χ3n) is 5.65. The summed E-state index contributed by atoms with van der Waals surface area (Å²) in [4.78, 5) is 8.29. The van der Waals surface area contributed by atoms with Gasteiger partial charge in [0.15, 0.2) is 11.6 Å². The van der Waals surface area contributed by atoms with Gasteiger partial charge in [0.1, 0.15) is 4.47 Å². The lowest BCUT2D eigenvalue weighted by atomic mass is 9.93. The van der Waals surface area contributed by atoms with Crippen LogP contribution in [0.2, 0.25) is 0 Å². The molecule has 1 aliphatic heterocycles. The number of nitrogens with zero attached hydrogens (tertiary/aromatic N) is 3. The second kappa shape index (κ2) is 9.98. The molecule has 0 radical (unpaired) electrons. The standard InChI is InChI=1S/C25H31BrN4OS/c1-5-6-20-9-7-17(14-27-20)15-30-12-11-18-8-10-21(13-19(18)16-30)32-29-24-22(26)23(31-28-24)25(2,3)4/h7-10,13-14H,5-6,11-12,15-16H2,1-4H3,(H,28,29). The maximum Gasteiger partial charge on any atom is 0.194 e. The number of aryl methyl sites for hydroxylation is 1. The van der Waals surface area contributed by atoms with E-state index in [0.29, 0.717) is 0 Å². The molecule has 0 saturated carbocycles. The van der Waals surface area contributed by atoms with Crippen molar-refractivity contribution in [2.24, 2.45) is 0 Å². The Hall–Kier alpha value is -1.83. The molecule has 1 aromatic carbocycles. The number of hydrogen-bond donors (Lipinski definition) is 1. The lowest BCUT2D eigenvalue weighted by Crippen LogP contribution is -2.30. The zero-order chi connectivity index (χ0) is 22.7. The number of fused-ring (bicyclic) bond motifs is 1. The molecule has 5 nitrogen and oxygen atoms in total. The summed E-state index contributed by atoms with van der Waals surface area (Å²) in [6.07, 6.45) is 5.31. The number of rotatable bonds is 7. The van der Waals surface area contributed by atoms with Gasteiger partial charge < -0.3 is 9.25 Å². The van der Waals surface area contributed by atoms with E-state index in [1.807, 2.05) is 6.20 Å². The zero-order valence-electron chi connectivity index (χ0n) is 19.2. The van der Waals surface area contributed by atoms with Crippen molar-refractivity contribution < 1.29 is 4.52 Å². The summed E-state index contributed by atoms with van der Waals surface area (Å²) in [6, 6.07) is 11.1. The molecule has 1 aliphatic rings. The molecule has 0 amide bonds. The highest BCUT2D eigenvalue weighted by molar-refractivity contribution is 9.10. The molecule has 3 heterocycles. The Morgan fingerprint density at radius 2 is 2.03 bits per heavy atom. The molecule has 0 spiro atoms. The van der Waals surface area contributed by atoms with Crippen molar-refractivity contribution in [3.63, 3.8) is 0 Å². The Kier molecular flexibility index (Phi) is 7.27. The Morgan fingerprint density at radius 1 is 1.19 bits per heavy atom. The number of anilines is 1. The van der Waals surface area contributed by atoms with Crippen molar-refractivity contribution in [1.29, 1.82) is 0 Å². The first-order valence-corrected chi connectivity index (χ1v) is 12.8. The Bertz CT molecular complexity index is 1060. The maximum absolute atomic E-state index is 5.55. The molecule has 0 aliphatic carbocycles.